The van der Waals surface area contributed by atoms with Crippen molar-refractivity contribution in [2.75, 3.05) is 0 Å². The number of hydrogen-bond acceptors (Lipinski definition) is 5. The highest BCUT2D eigenvalue weighted by molar-refractivity contribution is 7.14. The van der Waals surface area contributed by atoms with E-state index in [1.165, 1.54) is 22.7 Å². The molecule has 0 amide bonds. The summed E-state index contributed by atoms with van der Waals surface area (Å²) < 4.78 is 0. The summed E-state index contributed by atoms with van der Waals surface area (Å²) in [6, 6.07) is 0. The zero-order chi connectivity index (χ0) is 9.97. The summed E-state index contributed by atoms with van der Waals surface area (Å²) in [5, 5.41) is 11.0. The Labute approximate surface area is 87.9 Å². The van der Waals surface area contributed by atoms with Gasteiger partial charge in [0.2, 0.25) is 0 Å². The minimum absolute atomic E-state index is 0.0104. The van der Waals surface area contributed by atoms with Crippen LogP contribution in [0.3, 0.4) is 0 Å². The van der Waals surface area contributed by atoms with E-state index in [0.29, 0.717) is 5.01 Å². The molecule has 4 nitrogen and oxygen atoms in total. The molecule has 0 unspecified atom stereocenters. The maximum Gasteiger partial charge on any atom is 0.310 e. The molecule has 0 aliphatic rings. The fraction of sp³-hybridized carbons (Fsp3) is 0.125. The molecule has 0 radical (unpaired) electrons. The second-order valence-electron chi connectivity index (χ2n) is 2.56. The number of thiazole rings is 2. The summed E-state index contributed by atoms with van der Waals surface area (Å²) in [4.78, 5) is 19.5. The molecule has 2 heterocycles. The second-order valence-corrected chi connectivity index (χ2v) is 4.39. The first-order chi connectivity index (χ1) is 6.75. The Kier molecular flexibility index (Phi) is 2.55. The molecule has 0 bridgehead atoms. The Hall–Kier alpha value is -1.27. The first-order valence-corrected chi connectivity index (χ1v) is 5.56. The van der Waals surface area contributed by atoms with Gasteiger partial charge in [-0.15, -0.1) is 22.7 Å². The van der Waals surface area contributed by atoms with Crippen LogP contribution >= 0.6 is 22.7 Å². The van der Waals surface area contributed by atoms with Crippen molar-refractivity contribution in [1.82, 2.24) is 9.97 Å². The van der Waals surface area contributed by atoms with Crippen molar-refractivity contribution >= 4 is 28.6 Å². The lowest BCUT2D eigenvalue weighted by Crippen LogP contribution is -1.98. The van der Waals surface area contributed by atoms with Gasteiger partial charge in [0.15, 0.2) is 0 Å². The van der Waals surface area contributed by atoms with E-state index in [9.17, 15) is 4.79 Å². The van der Waals surface area contributed by atoms with Crippen molar-refractivity contribution in [3.05, 3.63) is 22.1 Å². The molecule has 14 heavy (non-hydrogen) atoms. The lowest BCUT2D eigenvalue weighted by molar-refractivity contribution is -0.136. The van der Waals surface area contributed by atoms with E-state index in [2.05, 4.69) is 9.97 Å². The number of carboxylic acids is 1. The van der Waals surface area contributed by atoms with Crippen LogP contribution in [0.5, 0.6) is 0 Å². The van der Waals surface area contributed by atoms with Crippen LogP contribution in [0.4, 0.5) is 0 Å². The minimum atomic E-state index is -0.852. The van der Waals surface area contributed by atoms with E-state index in [0.717, 1.165) is 10.6 Å². The molecule has 0 saturated carbocycles. The fourth-order valence-electron chi connectivity index (χ4n) is 0.977. The van der Waals surface area contributed by atoms with Gasteiger partial charge < -0.3 is 5.11 Å². The van der Waals surface area contributed by atoms with E-state index >= 15 is 0 Å². The lowest BCUT2D eigenvalue weighted by atomic mass is 10.4. The van der Waals surface area contributed by atoms with Crippen molar-refractivity contribution in [3.63, 3.8) is 0 Å². The van der Waals surface area contributed by atoms with E-state index in [-0.39, 0.29) is 6.42 Å². The van der Waals surface area contributed by atoms with Crippen LogP contribution in [0.2, 0.25) is 0 Å². The quantitative estimate of drug-likeness (QED) is 0.868. The zero-order valence-electron chi connectivity index (χ0n) is 7.01. The Morgan fingerprint density at radius 2 is 2.36 bits per heavy atom. The molecule has 2 aromatic heterocycles. The van der Waals surface area contributed by atoms with Gasteiger partial charge in [-0.2, -0.15) is 0 Å². The van der Waals surface area contributed by atoms with Crippen LogP contribution < -0.4 is 0 Å². The van der Waals surface area contributed by atoms with E-state index < -0.39 is 5.97 Å². The van der Waals surface area contributed by atoms with Crippen LogP contribution in [0.15, 0.2) is 17.1 Å². The third-order valence-electron chi connectivity index (χ3n) is 1.54. The lowest BCUT2D eigenvalue weighted by Gasteiger charge is -1.87. The van der Waals surface area contributed by atoms with Gasteiger partial charge in [-0.25, -0.2) is 4.98 Å². The van der Waals surface area contributed by atoms with Gasteiger partial charge in [0, 0.05) is 11.6 Å². The maximum atomic E-state index is 10.4. The summed E-state index contributed by atoms with van der Waals surface area (Å²) in [5.74, 6) is -0.852. The predicted octanol–water partition coefficient (Wildman–Crippen LogP) is 1.89. The number of carbonyl (C=O) groups is 1. The fourth-order valence-corrected chi connectivity index (χ4v) is 2.42. The first kappa shape index (κ1) is 9.29. The summed E-state index contributed by atoms with van der Waals surface area (Å²) >= 11 is 2.86. The summed E-state index contributed by atoms with van der Waals surface area (Å²) in [7, 11) is 0. The average molecular weight is 226 g/mol. The molecule has 0 aliphatic carbocycles. The monoisotopic (exact) mass is 226 g/mol. The molecule has 2 rings (SSSR count). The van der Waals surface area contributed by atoms with Crippen molar-refractivity contribution in [1.29, 1.82) is 0 Å². The second kappa shape index (κ2) is 3.85. The maximum absolute atomic E-state index is 10.4. The summed E-state index contributed by atoms with van der Waals surface area (Å²) in [6.07, 6.45) is 1.72. The molecule has 0 aliphatic heterocycles. The van der Waals surface area contributed by atoms with Crippen LogP contribution in [0.1, 0.15) is 5.01 Å². The minimum Gasteiger partial charge on any atom is -0.481 e. The van der Waals surface area contributed by atoms with Crippen LogP contribution in [0.25, 0.3) is 10.6 Å². The van der Waals surface area contributed by atoms with Gasteiger partial charge >= 0.3 is 5.97 Å². The molecule has 0 saturated heterocycles. The zero-order valence-corrected chi connectivity index (χ0v) is 8.64. The van der Waals surface area contributed by atoms with Gasteiger partial charge in [0.1, 0.15) is 5.01 Å². The Morgan fingerprint density at radius 1 is 1.50 bits per heavy atom. The molecule has 72 valence electrons. The van der Waals surface area contributed by atoms with Gasteiger partial charge in [-0.1, -0.05) is 0 Å². The van der Waals surface area contributed by atoms with Gasteiger partial charge in [-0.05, 0) is 0 Å². The van der Waals surface area contributed by atoms with Gasteiger partial charge in [0.25, 0.3) is 0 Å². The van der Waals surface area contributed by atoms with Crippen molar-refractivity contribution in [3.8, 4) is 10.6 Å². The van der Waals surface area contributed by atoms with Crippen molar-refractivity contribution < 1.29 is 9.90 Å². The predicted molar refractivity (Wildman–Crippen MR) is 54.6 cm³/mol. The highest BCUT2D eigenvalue weighted by Crippen LogP contribution is 2.24. The van der Waals surface area contributed by atoms with Gasteiger partial charge in [0.05, 0.1) is 22.5 Å². The molecule has 0 aromatic carbocycles. The molecule has 0 spiro atoms. The average Bonchev–Trinajstić information content (AvgIpc) is 2.69. The third-order valence-corrected chi connectivity index (χ3v) is 3.18. The van der Waals surface area contributed by atoms with Gasteiger partial charge in [-0.3, -0.25) is 9.78 Å². The van der Waals surface area contributed by atoms with Crippen LogP contribution in [0, 0.1) is 0 Å². The Bertz CT molecular complexity index is 436. The first-order valence-electron chi connectivity index (χ1n) is 3.81. The number of aromatic nitrogens is 2. The van der Waals surface area contributed by atoms with Crippen molar-refractivity contribution in [2.24, 2.45) is 0 Å². The largest absolute Gasteiger partial charge is 0.481 e. The molecule has 6 heteroatoms. The Morgan fingerprint density at radius 3 is 3.00 bits per heavy atom. The number of aliphatic carboxylic acids is 1. The normalized spacial score (nSPS) is 10.3. The molecule has 0 fully saturated rings. The van der Waals surface area contributed by atoms with E-state index in [4.69, 9.17) is 5.11 Å². The Balaban J connectivity index is 2.22. The standard InChI is InChI=1S/C8H6N2O2S2/c11-8(12)1-7-10-5(3-13-7)6-2-9-4-14-6/h2-4H,1H2,(H,11,12). The third kappa shape index (κ3) is 1.97. The molecular weight excluding hydrogens is 220 g/mol. The van der Waals surface area contributed by atoms with E-state index in [1.54, 1.807) is 11.7 Å². The summed E-state index contributed by atoms with van der Waals surface area (Å²) in [5.41, 5.74) is 2.54. The summed E-state index contributed by atoms with van der Waals surface area (Å²) in [6.45, 7) is 0. The molecule has 0 atom stereocenters. The number of carboxylic acid groups (broad SMARTS) is 1. The molecule has 1 N–H and O–H groups in total. The van der Waals surface area contributed by atoms with Crippen LogP contribution in [-0.2, 0) is 11.2 Å². The van der Waals surface area contributed by atoms with Crippen LogP contribution in [-0.4, -0.2) is 21.0 Å². The highest BCUT2D eigenvalue weighted by atomic mass is 32.1. The van der Waals surface area contributed by atoms with E-state index in [1.807, 2.05) is 5.38 Å². The smallest absolute Gasteiger partial charge is 0.310 e. The highest BCUT2D eigenvalue weighted by Gasteiger charge is 2.08. The molecule has 2 aromatic rings. The van der Waals surface area contributed by atoms with Crippen molar-refractivity contribution in [2.45, 2.75) is 6.42 Å². The number of hydrogen-bond donors (Lipinski definition) is 1. The SMILES string of the molecule is O=C(O)Cc1nc(-c2cncs2)cs1. The number of rotatable bonds is 3. The number of nitrogens with zero attached hydrogens (tertiary/aromatic N) is 2. The topological polar surface area (TPSA) is 63.1 Å². The molecular formula is C8H6N2O2S2.